The standard InChI is InChI=1S/C29H37N3O3S/c1-29(2,3)21-11-13-25(35-4)24(17-21)20(16-27(33)34)15-23-18-36-26(31-23)9-5-8-22-12-10-19-7-6-14-30-28(19)32-22/h10-13,17-18,20H,5-9,14-16H2,1-4H3,(H,30,32)(H,33,34). The summed E-state index contributed by atoms with van der Waals surface area (Å²) in [5.41, 5.74) is 5.45. The van der Waals surface area contributed by atoms with E-state index >= 15 is 0 Å². The molecule has 0 spiro atoms. The van der Waals surface area contributed by atoms with Gasteiger partial charge in [-0.2, -0.15) is 0 Å². The van der Waals surface area contributed by atoms with E-state index in [9.17, 15) is 9.90 Å². The van der Waals surface area contributed by atoms with E-state index in [0.717, 1.165) is 65.8 Å². The number of hydrogen-bond donors (Lipinski definition) is 2. The molecule has 1 aromatic carbocycles. The number of carboxylic acids is 1. The van der Waals surface area contributed by atoms with Crippen LogP contribution >= 0.6 is 11.3 Å². The average molecular weight is 508 g/mol. The lowest BCUT2D eigenvalue weighted by Crippen LogP contribution is -2.15. The summed E-state index contributed by atoms with van der Waals surface area (Å²) in [5.74, 6) is 0.759. The molecule has 2 aromatic heterocycles. The van der Waals surface area contributed by atoms with Crippen molar-refractivity contribution < 1.29 is 14.6 Å². The first kappa shape index (κ1) is 26.1. The number of thiazole rings is 1. The molecule has 0 amide bonds. The molecular formula is C29H37N3O3S. The first-order valence-corrected chi connectivity index (χ1v) is 13.7. The SMILES string of the molecule is COc1ccc(C(C)(C)C)cc1C(CC(=O)O)Cc1csc(CCCc2ccc3c(n2)NCCC3)n1. The molecular weight excluding hydrogens is 470 g/mol. The molecule has 1 atom stereocenters. The first-order chi connectivity index (χ1) is 17.2. The maximum Gasteiger partial charge on any atom is 0.303 e. The van der Waals surface area contributed by atoms with E-state index in [2.05, 4.69) is 55.7 Å². The number of fused-ring (bicyclic) bond motifs is 1. The van der Waals surface area contributed by atoms with Crippen LogP contribution in [0.4, 0.5) is 5.82 Å². The Morgan fingerprint density at radius 1 is 1.17 bits per heavy atom. The van der Waals surface area contributed by atoms with Crippen LogP contribution in [0.25, 0.3) is 0 Å². The molecule has 6 nitrogen and oxygen atoms in total. The van der Waals surface area contributed by atoms with Crippen LogP contribution in [0.3, 0.4) is 0 Å². The number of methoxy groups -OCH3 is 1. The molecule has 4 rings (SSSR count). The lowest BCUT2D eigenvalue weighted by molar-refractivity contribution is -0.137. The Balaban J connectivity index is 1.43. The smallest absolute Gasteiger partial charge is 0.303 e. The average Bonchev–Trinajstić information content (AvgIpc) is 3.29. The van der Waals surface area contributed by atoms with Gasteiger partial charge in [0.15, 0.2) is 0 Å². The van der Waals surface area contributed by atoms with Crippen LogP contribution in [0.5, 0.6) is 5.75 Å². The van der Waals surface area contributed by atoms with Gasteiger partial charge in [0, 0.05) is 23.5 Å². The van der Waals surface area contributed by atoms with Crippen LogP contribution in [0.2, 0.25) is 0 Å². The lowest BCUT2D eigenvalue weighted by Gasteiger charge is -2.24. The largest absolute Gasteiger partial charge is 0.496 e. The van der Waals surface area contributed by atoms with Gasteiger partial charge in [0.25, 0.3) is 0 Å². The fourth-order valence-electron chi connectivity index (χ4n) is 4.76. The molecule has 0 saturated heterocycles. The van der Waals surface area contributed by atoms with Crippen molar-refractivity contribution in [1.82, 2.24) is 9.97 Å². The number of nitrogens with one attached hydrogen (secondary N) is 1. The molecule has 0 fully saturated rings. The van der Waals surface area contributed by atoms with Crippen molar-refractivity contribution in [2.75, 3.05) is 19.0 Å². The molecule has 192 valence electrons. The van der Waals surface area contributed by atoms with E-state index in [-0.39, 0.29) is 17.8 Å². The van der Waals surface area contributed by atoms with Crippen molar-refractivity contribution in [2.24, 2.45) is 0 Å². The van der Waals surface area contributed by atoms with E-state index < -0.39 is 5.97 Å². The Bertz CT molecular complexity index is 1200. The Kier molecular flexibility index (Phi) is 8.29. The number of ether oxygens (including phenoxy) is 1. The number of hydrogen-bond acceptors (Lipinski definition) is 6. The number of rotatable bonds is 10. The number of carboxylic acid groups (broad SMARTS) is 1. The van der Waals surface area contributed by atoms with Gasteiger partial charge >= 0.3 is 5.97 Å². The van der Waals surface area contributed by atoms with Gasteiger partial charge in [-0.05, 0) is 72.8 Å². The monoisotopic (exact) mass is 507 g/mol. The molecule has 3 heterocycles. The Morgan fingerprint density at radius 2 is 2.00 bits per heavy atom. The van der Waals surface area contributed by atoms with Gasteiger partial charge in [-0.3, -0.25) is 4.79 Å². The summed E-state index contributed by atoms with van der Waals surface area (Å²) in [6, 6.07) is 10.5. The second kappa shape index (κ2) is 11.4. The van der Waals surface area contributed by atoms with Gasteiger partial charge in [-0.1, -0.05) is 39.0 Å². The molecule has 0 bridgehead atoms. The molecule has 1 aliphatic rings. The van der Waals surface area contributed by atoms with Crippen LogP contribution < -0.4 is 10.1 Å². The zero-order chi connectivity index (χ0) is 25.7. The molecule has 3 aromatic rings. The lowest BCUT2D eigenvalue weighted by atomic mass is 9.82. The number of anilines is 1. The van der Waals surface area contributed by atoms with Crippen molar-refractivity contribution in [3.63, 3.8) is 0 Å². The van der Waals surface area contributed by atoms with Gasteiger partial charge in [0.2, 0.25) is 0 Å². The minimum atomic E-state index is -0.814. The van der Waals surface area contributed by atoms with Gasteiger partial charge in [0.1, 0.15) is 11.6 Å². The van der Waals surface area contributed by atoms with Gasteiger partial charge in [-0.15, -0.1) is 11.3 Å². The van der Waals surface area contributed by atoms with Crippen LogP contribution in [0, 0.1) is 0 Å². The summed E-state index contributed by atoms with van der Waals surface area (Å²) in [5, 5.41) is 16.2. The van der Waals surface area contributed by atoms with Gasteiger partial charge < -0.3 is 15.2 Å². The van der Waals surface area contributed by atoms with E-state index in [4.69, 9.17) is 14.7 Å². The van der Waals surface area contributed by atoms with Crippen LogP contribution in [-0.4, -0.2) is 34.7 Å². The van der Waals surface area contributed by atoms with Crippen molar-refractivity contribution in [3.05, 3.63) is 68.8 Å². The maximum absolute atomic E-state index is 11.8. The van der Waals surface area contributed by atoms with Crippen molar-refractivity contribution in [2.45, 2.75) is 77.0 Å². The van der Waals surface area contributed by atoms with Crippen molar-refractivity contribution in [3.8, 4) is 5.75 Å². The molecule has 0 aliphatic carbocycles. The molecule has 7 heteroatoms. The molecule has 1 unspecified atom stereocenters. The number of aryl methyl sites for hydroxylation is 3. The van der Waals surface area contributed by atoms with E-state index in [1.54, 1.807) is 18.4 Å². The third-order valence-corrected chi connectivity index (χ3v) is 7.74. The summed E-state index contributed by atoms with van der Waals surface area (Å²) < 4.78 is 5.63. The van der Waals surface area contributed by atoms with Crippen LogP contribution in [0.1, 0.15) is 79.0 Å². The maximum atomic E-state index is 11.8. The number of aromatic nitrogens is 2. The van der Waals surface area contributed by atoms with Gasteiger partial charge in [-0.25, -0.2) is 9.97 Å². The minimum Gasteiger partial charge on any atom is -0.496 e. The fourth-order valence-corrected chi connectivity index (χ4v) is 5.61. The normalized spacial score (nSPS) is 14.1. The van der Waals surface area contributed by atoms with E-state index in [1.807, 2.05) is 6.07 Å². The third kappa shape index (κ3) is 6.64. The second-order valence-corrected chi connectivity index (χ2v) is 11.6. The van der Waals surface area contributed by atoms with Crippen LogP contribution in [-0.2, 0) is 35.9 Å². The quantitative estimate of drug-likeness (QED) is 0.341. The third-order valence-electron chi connectivity index (χ3n) is 6.79. The first-order valence-electron chi connectivity index (χ1n) is 12.8. The summed E-state index contributed by atoms with van der Waals surface area (Å²) in [6.45, 7) is 7.48. The molecule has 0 saturated carbocycles. The number of nitrogens with zero attached hydrogens (tertiary/aromatic N) is 2. The Morgan fingerprint density at radius 3 is 2.75 bits per heavy atom. The van der Waals surface area contributed by atoms with Crippen molar-refractivity contribution in [1.29, 1.82) is 0 Å². The van der Waals surface area contributed by atoms with E-state index in [1.165, 1.54) is 17.5 Å². The highest BCUT2D eigenvalue weighted by molar-refractivity contribution is 7.09. The minimum absolute atomic E-state index is 0.0361. The Hall–Kier alpha value is -2.93. The zero-order valence-corrected chi connectivity index (χ0v) is 22.6. The zero-order valence-electron chi connectivity index (χ0n) is 21.8. The highest BCUT2D eigenvalue weighted by Gasteiger charge is 2.24. The Labute approximate surface area is 218 Å². The second-order valence-electron chi connectivity index (χ2n) is 10.6. The topological polar surface area (TPSA) is 84.3 Å². The summed E-state index contributed by atoms with van der Waals surface area (Å²) in [4.78, 5) is 21.4. The summed E-state index contributed by atoms with van der Waals surface area (Å²) in [7, 11) is 1.64. The molecule has 0 radical (unpaired) electrons. The molecule has 36 heavy (non-hydrogen) atoms. The highest BCUT2D eigenvalue weighted by atomic mass is 32.1. The molecule has 2 N–H and O–H groups in total. The number of carbonyl (C=O) groups is 1. The number of aliphatic carboxylic acids is 1. The predicted molar refractivity (Wildman–Crippen MR) is 146 cm³/mol. The summed E-state index contributed by atoms with van der Waals surface area (Å²) in [6.07, 6.45) is 5.68. The van der Waals surface area contributed by atoms with E-state index in [0.29, 0.717) is 6.42 Å². The number of pyridine rings is 1. The molecule has 1 aliphatic heterocycles. The fraction of sp³-hybridized carbons (Fsp3) is 0.483. The predicted octanol–water partition coefficient (Wildman–Crippen LogP) is 6.18. The van der Waals surface area contributed by atoms with Gasteiger partial charge in [0.05, 0.1) is 24.2 Å². The summed E-state index contributed by atoms with van der Waals surface area (Å²) >= 11 is 1.66. The highest BCUT2D eigenvalue weighted by Crippen LogP contribution is 2.36. The van der Waals surface area contributed by atoms with Crippen molar-refractivity contribution >= 4 is 23.1 Å². The van der Waals surface area contributed by atoms with Crippen LogP contribution in [0.15, 0.2) is 35.7 Å². The number of benzene rings is 1.